The van der Waals surface area contributed by atoms with Crippen LogP contribution in [0.25, 0.3) is 0 Å². The van der Waals surface area contributed by atoms with Crippen LogP contribution in [0, 0.1) is 0 Å². The van der Waals surface area contributed by atoms with E-state index in [1.807, 2.05) is 0 Å². The minimum Gasteiger partial charge on any atom is -0.454 e. The van der Waals surface area contributed by atoms with Crippen LogP contribution >= 0.6 is 0 Å². The number of nitrogens with one attached hydrogen (secondary N) is 2. The SMILES string of the molecule is CCCCCNC(=O)c1cccc(S(=O)(=O)Nc2ccc3c(c2)OCO3)c1. The summed E-state index contributed by atoms with van der Waals surface area (Å²) in [6.07, 6.45) is 3.00. The molecule has 0 radical (unpaired) electrons. The third-order valence-corrected chi connectivity index (χ3v) is 5.48. The molecule has 0 bridgehead atoms. The molecule has 2 N–H and O–H groups in total. The minimum atomic E-state index is -3.84. The van der Waals surface area contributed by atoms with E-state index in [2.05, 4.69) is 17.0 Å². The molecule has 0 aliphatic carbocycles. The third kappa shape index (κ3) is 4.71. The quantitative estimate of drug-likeness (QED) is 0.676. The highest BCUT2D eigenvalue weighted by molar-refractivity contribution is 7.92. The lowest BCUT2D eigenvalue weighted by Gasteiger charge is -2.10. The molecule has 1 aliphatic heterocycles. The molecular weight excluding hydrogens is 368 g/mol. The summed E-state index contributed by atoms with van der Waals surface area (Å²) >= 11 is 0. The Labute approximate surface area is 158 Å². The van der Waals surface area contributed by atoms with Crippen molar-refractivity contribution in [3.63, 3.8) is 0 Å². The van der Waals surface area contributed by atoms with Gasteiger partial charge in [0.15, 0.2) is 11.5 Å². The van der Waals surface area contributed by atoms with Crippen molar-refractivity contribution in [1.82, 2.24) is 5.32 Å². The van der Waals surface area contributed by atoms with Crippen molar-refractivity contribution in [2.24, 2.45) is 0 Å². The van der Waals surface area contributed by atoms with Crippen LogP contribution in [-0.2, 0) is 10.0 Å². The number of sulfonamides is 1. The standard InChI is InChI=1S/C19H22N2O5S/c1-2-3-4-10-20-19(22)14-6-5-7-16(11-14)27(23,24)21-15-8-9-17-18(12-15)26-13-25-17/h5-9,11-12,21H,2-4,10,13H2,1H3,(H,20,22). The number of carbonyl (C=O) groups is 1. The lowest BCUT2D eigenvalue weighted by atomic mass is 10.2. The molecule has 0 atom stereocenters. The Kier molecular flexibility index (Phi) is 5.85. The largest absolute Gasteiger partial charge is 0.454 e. The van der Waals surface area contributed by atoms with Gasteiger partial charge in [-0.3, -0.25) is 9.52 Å². The Bertz CT molecular complexity index is 927. The van der Waals surface area contributed by atoms with E-state index in [9.17, 15) is 13.2 Å². The van der Waals surface area contributed by atoms with Crippen LogP contribution in [0.5, 0.6) is 11.5 Å². The highest BCUT2D eigenvalue weighted by atomic mass is 32.2. The number of fused-ring (bicyclic) bond motifs is 1. The fourth-order valence-corrected chi connectivity index (χ4v) is 3.75. The van der Waals surface area contributed by atoms with Crippen LogP contribution in [0.3, 0.4) is 0 Å². The predicted octanol–water partition coefficient (Wildman–Crippen LogP) is 3.14. The minimum absolute atomic E-state index is 0.0152. The summed E-state index contributed by atoms with van der Waals surface area (Å²) in [6, 6.07) is 10.7. The number of carbonyl (C=O) groups excluding carboxylic acids is 1. The summed E-state index contributed by atoms with van der Waals surface area (Å²) in [6.45, 7) is 2.77. The molecule has 0 saturated heterocycles. The van der Waals surface area contributed by atoms with Crippen molar-refractivity contribution < 1.29 is 22.7 Å². The van der Waals surface area contributed by atoms with Crippen molar-refractivity contribution in [2.45, 2.75) is 31.1 Å². The number of unbranched alkanes of at least 4 members (excludes halogenated alkanes) is 2. The summed E-state index contributed by atoms with van der Waals surface area (Å²) in [4.78, 5) is 12.2. The molecule has 27 heavy (non-hydrogen) atoms. The van der Waals surface area contributed by atoms with Gasteiger partial charge >= 0.3 is 0 Å². The zero-order chi connectivity index (χ0) is 19.3. The first kappa shape index (κ1) is 19.0. The van der Waals surface area contributed by atoms with Crippen LogP contribution < -0.4 is 19.5 Å². The van der Waals surface area contributed by atoms with Crippen LogP contribution in [0.15, 0.2) is 47.4 Å². The fourth-order valence-electron chi connectivity index (χ4n) is 2.66. The van der Waals surface area contributed by atoms with Crippen molar-refractivity contribution in [2.75, 3.05) is 18.1 Å². The van der Waals surface area contributed by atoms with E-state index in [0.29, 0.717) is 29.3 Å². The summed E-state index contributed by atoms with van der Waals surface area (Å²) in [5.74, 6) is 0.765. The van der Waals surface area contributed by atoms with Gasteiger partial charge in [0, 0.05) is 18.2 Å². The number of amides is 1. The topological polar surface area (TPSA) is 93.7 Å². The highest BCUT2D eigenvalue weighted by Crippen LogP contribution is 2.34. The van der Waals surface area contributed by atoms with Crippen molar-refractivity contribution >= 4 is 21.6 Å². The first-order valence-corrected chi connectivity index (χ1v) is 10.3. The molecule has 2 aromatic carbocycles. The average Bonchev–Trinajstić information content (AvgIpc) is 3.12. The molecule has 0 saturated carbocycles. The molecule has 144 valence electrons. The average molecular weight is 390 g/mol. The Morgan fingerprint density at radius 3 is 2.70 bits per heavy atom. The van der Waals surface area contributed by atoms with Gasteiger partial charge in [0.2, 0.25) is 6.79 Å². The maximum Gasteiger partial charge on any atom is 0.261 e. The Balaban J connectivity index is 1.72. The number of rotatable bonds is 8. The molecule has 1 heterocycles. The highest BCUT2D eigenvalue weighted by Gasteiger charge is 2.19. The van der Waals surface area contributed by atoms with E-state index in [-0.39, 0.29) is 17.6 Å². The molecular formula is C19H22N2O5S. The second kappa shape index (κ2) is 8.30. The number of hydrogen-bond acceptors (Lipinski definition) is 5. The summed E-state index contributed by atoms with van der Waals surface area (Å²) in [5, 5.41) is 2.81. The molecule has 8 heteroatoms. The van der Waals surface area contributed by atoms with Crippen LogP contribution in [-0.4, -0.2) is 27.7 Å². The summed E-state index contributed by atoms with van der Waals surface area (Å²) < 4.78 is 38.3. The first-order chi connectivity index (χ1) is 13.0. The smallest absolute Gasteiger partial charge is 0.261 e. The molecule has 1 aliphatic rings. The van der Waals surface area contributed by atoms with Gasteiger partial charge in [-0.1, -0.05) is 25.8 Å². The number of ether oxygens (including phenoxy) is 2. The van der Waals surface area contributed by atoms with Crippen molar-refractivity contribution in [3.8, 4) is 11.5 Å². The van der Waals surface area contributed by atoms with Gasteiger partial charge in [-0.25, -0.2) is 8.42 Å². The lowest BCUT2D eigenvalue weighted by molar-refractivity contribution is 0.0952. The maximum absolute atomic E-state index is 12.7. The Hall–Kier alpha value is -2.74. The zero-order valence-corrected chi connectivity index (χ0v) is 15.8. The van der Waals surface area contributed by atoms with Gasteiger partial charge in [0.1, 0.15) is 0 Å². The molecule has 1 amide bonds. The van der Waals surface area contributed by atoms with E-state index in [1.165, 1.54) is 12.1 Å². The van der Waals surface area contributed by atoms with Gasteiger partial charge in [-0.15, -0.1) is 0 Å². The van der Waals surface area contributed by atoms with Crippen LogP contribution in [0.4, 0.5) is 5.69 Å². The number of anilines is 1. The molecule has 7 nitrogen and oxygen atoms in total. The zero-order valence-electron chi connectivity index (χ0n) is 15.0. The molecule has 2 aromatic rings. The second-order valence-electron chi connectivity index (χ2n) is 6.16. The monoisotopic (exact) mass is 390 g/mol. The van der Waals surface area contributed by atoms with Gasteiger partial charge in [0.25, 0.3) is 15.9 Å². The van der Waals surface area contributed by atoms with E-state index >= 15 is 0 Å². The van der Waals surface area contributed by atoms with E-state index < -0.39 is 10.0 Å². The Morgan fingerprint density at radius 1 is 1.07 bits per heavy atom. The van der Waals surface area contributed by atoms with E-state index in [0.717, 1.165) is 19.3 Å². The first-order valence-electron chi connectivity index (χ1n) is 8.80. The summed E-state index contributed by atoms with van der Waals surface area (Å²) in [7, 11) is -3.84. The summed E-state index contributed by atoms with van der Waals surface area (Å²) in [5.41, 5.74) is 0.661. The number of benzene rings is 2. The van der Waals surface area contributed by atoms with Crippen LogP contribution in [0.2, 0.25) is 0 Å². The normalized spacial score (nSPS) is 12.6. The number of hydrogen-bond donors (Lipinski definition) is 2. The van der Waals surface area contributed by atoms with Gasteiger partial charge in [0.05, 0.1) is 10.6 Å². The Morgan fingerprint density at radius 2 is 1.89 bits per heavy atom. The molecule has 0 spiro atoms. The second-order valence-corrected chi connectivity index (χ2v) is 7.85. The van der Waals surface area contributed by atoms with Crippen LogP contribution in [0.1, 0.15) is 36.5 Å². The predicted molar refractivity (Wildman–Crippen MR) is 102 cm³/mol. The molecule has 0 unspecified atom stereocenters. The van der Waals surface area contributed by atoms with Gasteiger partial charge in [-0.2, -0.15) is 0 Å². The van der Waals surface area contributed by atoms with E-state index in [4.69, 9.17) is 9.47 Å². The van der Waals surface area contributed by atoms with Gasteiger partial charge < -0.3 is 14.8 Å². The fraction of sp³-hybridized carbons (Fsp3) is 0.316. The van der Waals surface area contributed by atoms with Crippen molar-refractivity contribution in [1.29, 1.82) is 0 Å². The van der Waals surface area contributed by atoms with Crippen molar-refractivity contribution in [3.05, 3.63) is 48.0 Å². The third-order valence-electron chi connectivity index (χ3n) is 4.10. The molecule has 3 rings (SSSR count). The molecule has 0 aromatic heterocycles. The van der Waals surface area contributed by atoms with E-state index in [1.54, 1.807) is 30.3 Å². The maximum atomic E-state index is 12.7. The molecule has 0 fully saturated rings. The lowest BCUT2D eigenvalue weighted by Crippen LogP contribution is -2.24. The van der Waals surface area contributed by atoms with Gasteiger partial charge in [-0.05, 0) is 36.8 Å².